The van der Waals surface area contributed by atoms with E-state index in [1.165, 1.54) is 24.8 Å². The second-order valence-electron chi connectivity index (χ2n) is 8.21. The zero-order valence-corrected chi connectivity index (χ0v) is 18.0. The molecule has 1 saturated carbocycles. The molecule has 154 valence electrons. The Morgan fingerprint density at radius 1 is 1.19 bits per heavy atom. The van der Waals surface area contributed by atoms with Gasteiger partial charge in [0, 0.05) is 31.6 Å². The van der Waals surface area contributed by atoms with Gasteiger partial charge in [0.05, 0.1) is 0 Å². The van der Waals surface area contributed by atoms with E-state index in [0.29, 0.717) is 19.0 Å². The quantitative estimate of drug-likeness (QED) is 0.739. The highest BCUT2D eigenvalue weighted by molar-refractivity contribution is 5.85. The minimum Gasteiger partial charge on any atom is -0.352 e. The van der Waals surface area contributed by atoms with Crippen molar-refractivity contribution in [1.29, 1.82) is 0 Å². The number of likely N-dealkylation sites (tertiary alicyclic amines) is 1. The number of amides is 1. The molecule has 0 radical (unpaired) electrons. The van der Waals surface area contributed by atoms with Crippen LogP contribution < -0.4 is 11.1 Å². The first-order valence-corrected chi connectivity index (χ1v) is 9.88. The number of benzene rings is 1. The Morgan fingerprint density at radius 3 is 2.48 bits per heavy atom. The number of hydrogen-bond donors (Lipinski definition) is 2. The summed E-state index contributed by atoms with van der Waals surface area (Å²) < 4.78 is 0. The number of carbonyl (C=O) groups is 1. The molecule has 3 N–H and O–H groups in total. The van der Waals surface area contributed by atoms with Gasteiger partial charge in [0.15, 0.2) is 0 Å². The van der Waals surface area contributed by atoms with Crippen LogP contribution in [-0.2, 0) is 11.3 Å². The molecule has 1 aliphatic heterocycles. The molecule has 1 aliphatic carbocycles. The van der Waals surface area contributed by atoms with Crippen LogP contribution in [0.1, 0.15) is 57.4 Å². The number of carbonyl (C=O) groups excluding carboxylic acids is 1. The first-order valence-electron chi connectivity index (χ1n) is 9.88. The standard InChI is InChI=1S/C21H33N3O.2ClH/c1-17-12-19(15-24(17)14-18-8-4-2-5-9-18)23-20(25)13-21(16-22)10-6-3-7-11-21;;/h2,4-5,8-9,17,19H,3,6-7,10-16,22H2,1H3,(H,23,25);2*1H. The number of nitrogens with one attached hydrogen (secondary N) is 1. The summed E-state index contributed by atoms with van der Waals surface area (Å²) in [6, 6.07) is 11.4. The molecule has 0 bridgehead atoms. The predicted molar refractivity (Wildman–Crippen MR) is 117 cm³/mol. The average molecular weight is 416 g/mol. The van der Waals surface area contributed by atoms with Gasteiger partial charge in [0.25, 0.3) is 0 Å². The Morgan fingerprint density at radius 2 is 1.85 bits per heavy atom. The van der Waals surface area contributed by atoms with Crippen molar-refractivity contribution in [2.75, 3.05) is 13.1 Å². The van der Waals surface area contributed by atoms with E-state index in [2.05, 4.69) is 47.5 Å². The first kappa shape index (κ1) is 24.2. The van der Waals surface area contributed by atoms with Crippen molar-refractivity contribution in [1.82, 2.24) is 10.2 Å². The van der Waals surface area contributed by atoms with Gasteiger partial charge in [-0.25, -0.2) is 0 Å². The van der Waals surface area contributed by atoms with Crippen molar-refractivity contribution in [2.45, 2.75) is 70.5 Å². The maximum atomic E-state index is 12.6. The maximum absolute atomic E-state index is 12.6. The zero-order chi connectivity index (χ0) is 17.7. The molecule has 1 saturated heterocycles. The van der Waals surface area contributed by atoms with E-state index < -0.39 is 0 Å². The highest BCUT2D eigenvalue weighted by atomic mass is 35.5. The Kier molecular flexibility index (Phi) is 10.1. The molecule has 2 fully saturated rings. The summed E-state index contributed by atoms with van der Waals surface area (Å²) in [6.45, 7) is 4.80. The predicted octanol–water partition coefficient (Wildman–Crippen LogP) is 3.91. The summed E-state index contributed by atoms with van der Waals surface area (Å²) in [5.74, 6) is 0.200. The smallest absolute Gasteiger partial charge is 0.220 e. The van der Waals surface area contributed by atoms with Crippen molar-refractivity contribution < 1.29 is 4.79 Å². The molecule has 2 aliphatic rings. The molecular formula is C21H35Cl2N3O. The molecule has 27 heavy (non-hydrogen) atoms. The van der Waals surface area contributed by atoms with Gasteiger partial charge >= 0.3 is 0 Å². The number of nitrogens with zero attached hydrogens (tertiary/aromatic N) is 1. The Balaban J connectivity index is 0.00000182. The van der Waals surface area contributed by atoms with Crippen molar-refractivity contribution in [2.24, 2.45) is 11.1 Å². The summed E-state index contributed by atoms with van der Waals surface area (Å²) >= 11 is 0. The second kappa shape index (κ2) is 11.3. The fourth-order valence-corrected chi connectivity index (χ4v) is 4.62. The fraction of sp³-hybridized carbons (Fsp3) is 0.667. The highest BCUT2D eigenvalue weighted by Crippen LogP contribution is 2.38. The molecule has 1 aromatic carbocycles. The van der Waals surface area contributed by atoms with Crippen molar-refractivity contribution in [3.8, 4) is 0 Å². The van der Waals surface area contributed by atoms with Crippen molar-refractivity contribution in [3.05, 3.63) is 35.9 Å². The van der Waals surface area contributed by atoms with Gasteiger partial charge in [-0.05, 0) is 43.7 Å². The molecule has 1 aromatic rings. The van der Waals surface area contributed by atoms with Crippen molar-refractivity contribution in [3.63, 3.8) is 0 Å². The van der Waals surface area contributed by atoms with Gasteiger partial charge in [-0.2, -0.15) is 0 Å². The Labute approximate surface area is 176 Å². The molecular weight excluding hydrogens is 381 g/mol. The zero-order valence-electron chi connectivity index (χ0n) is 16.4. The lowest BCUT2D eigenvalue weighted by molar-refractivity contribution is -0.124. The number of rotatable bonds is 6. The summed E-state index contributed by atoms with van der Waals surface area (Å²) in [7, 11) is 0. The molecule has 1 amide bonds. The van der Waals surface area contributed by atoms with E-state index in [9.17, 15) is 4.79 Å². The number of hydrogen-bond acceptors (Lipinski definition) is 3. The van der Waals surface area contributed by atoms with Gasteiger partial charge in [0.2, 0.25) is 5.91 Å². The van der Waals surface area contributed by atoms with Gasteiger partial charge < -0.3 is 11.1 Å². The normalized spacial score (nSPS) is 24.5. The van der Waals surface area contributed by atoms with Crippen LogP contribution in [0, 0.1) is 5.41 Å². The van der Waals surface area contributed by atoms with Crippen LogP contribution in [0.25, 0.3) is 0 Å². The molecule has 2 unspecified atom stereocenters. The van der Waals surface area contributed by atoms with Gasteiger partial charge in [-0.15, -0.1) is 24.8 Å². The molecule has 3 rings (SSSR count). The van der Waals surface area contributed by atoms with E-state index in [1.54, 1.807) is 0 Å². The third-order valence-corrected chi connectivity index (χ3v) is 6.18. The first-order chi connectivity index (χ1) is 12.1. The Bertz CT molecular complexity index is 564. The molecule has 1 heterocycles. The largest absolute Gasteiger partial charge is 0.352 e. The third kappa shape index (κ3) is 6.63. The maximum Gasteiger partial charge on any atom is 0.220 e. The third-order valence-electron chi connectivity index (χ3n) is 6.18. The van der Waals surface area contributed by atoms with E-state index in [-0.39, 0.29) is 42.2 Å². The molecule has 4 nitrogen and oxygen atoms in total. The van der Waals surface area contributed by atoms with E-state index in [1.807, 2.05) is 0 Å². The summed E-state index contributed by atoms with van der Waals surface area (Å²) in [5.41, 5.74) is 7.43. The average Bonchev–Trinajstić information content (AvgIpc) is 2.95. The SMILES string of the molecule is CC1CC(NC(=O)CC2(CN)CCCCC2)CN1Cc1ccccc1.Cl.Cl. The second-order valence-corrected chi connectivity index (χ2v) is 8.21. The number of halogens is 2. The highest BCUT2D eigenvalue weighted by Gasteiger charge is 2.35. The van der Waals surface area contributed by atoms with Crippen LogP contribution in [0.3, 0.4) is 0 Å². The van der Waals surface area contributed by atoms with Crippen LogP contribution >= 0.6 is 24.8 Å². The van der Waals surface area contributed by atoms with E-state index in [4.69, 9.17) is 5.73 Å². The fourth-order valence-electron chi connectivity index (χ4n) is 4.62. The molecule has 0 spiro atoms. The summed E-state index contributed by atoms with van der Waals surface area (Å²) in [6.07, 6.45) is 7.58. The van der Waals surface area contributed by atoms with Crippen LogP contribution in [0.5, 0.6) is 0 Å². The van der Waals surface area contributed by atoms with Gasteiger partial charge in [-0.3, -0.25) is 9.69 Å². The van der Waals surface area contributed by atoms with Crippen LogP contribution in [-0.4, -0.2) is 36.0 Å². The monoisotopic (exact) mass is 415 g/mol. The summed E-state index contributed by atoms with van der Waals surface area (Å²) in [4.78, 5) is 15.1. The van der Waals surface area contributed by atoms with E-state index in [0.717, 1.165) is 32.4 Å². The van der Waals surface area contributed by atoms with E-state index >= 15 is 0 Å². The summed E-state index contributed by atoms with van der Waals surface area (Å²) in [5, 5.41) is 3.30. The van der Waals surface area contributed by atoms with Crippen LogP contribution in [0.2, 0.25) is 0 Å². The van der Waals surface area contributed by atoms with Crippen LogP contribution in [0.4, 0.5) is 0 Å². The minimum atomic E-state index is 0. The molecule has 0 aromatic heterocycles. The van der Waals surface area contributed by atoms with Crippen LogP contribution in [0.15, 0.2) is 30.3 Å². The number of nitrogens with two attached hydrogens (primary N) is 1. The molecule has 6 heteroatoms. The lowest BCUT2D eigenvalue weighted by atomic mass is 9.71. The topological polar surface area (TPSA) is 58.4 Å². The minimum absolute atomic E-state index is 0. The van der Waals surface area contributed by atoms with Gasteiger partial charge in [-0.1, -0.05) is 49.6 Å². The van der Waals surface area contributed by atoms with Gasteiger partial charge in [0.1, 0.15) is 0 Å². The lowest BCUT2D eigenvalue weighted by Crippen LogP contribution is -2.42. The van der Waals surface area contributed by atoms with Crippen molar-refractivity contribution >= 4 is 30.7 Å². The Hall–Kier alpha value is -0.810. The molecule has 2 atom stereocenters. The lowest BCUT2D eigenvalue weighted by Gasteiger charge is -2.36.